The highest BCUT2D eigenvalue weighted by Gasteiger charge is 2.28. The molecule has 2 aromatic carbocycles. The van der Waals surface area contributed by atoms with E-state index in [9.17, 15) is 8.42 Å². The molecule has 3 aromatic rings. The Balaban J connectivity index is 2.08. The number of hydrogen-bond donors (Lipinski definition) is 1. The molecule has 0 atom stereocenters. The van der Waals surface area contributed by atoms with E-state index in [0.29, 0.717) is 17.9 Å². The van der Waals surface area contributed by atoms with Gasteiger partial charge in [0.15, 0.2) is 0 Å². The van der Waals surface area contributed by atoms with Gasteiger partial charge in [-0.15, -0.1) is 0 Å². The number of anilines is 1. The molecule has 7 heteroatoms. The number of oxazole rings is 1. The minimum atomic E-state index is -3.78. The molecule has 0 bridgehead atoms. The van der Waals surface area contributed by atoms with Crippen LogP contribution in [0.15, 0.2) is 68.9 Å². The maximum Gasteiger partial charge on any atom is 0.233 e. The zero-order chi connectivity index (χ0) is 17.9. The van der Waals surface area contributed by atoms with Gasteiger partial charge in [-0.2, -0.15) is 4.98 Å². The van der Waals surface area contributed by atoms with E-state index >= 15 is 0 Å². The van der Waals surface area contributed by atoms with E-state index in [0.717, 1.165) is 0 Å². The maximum atomic E-state index is 12.9. The van der Waals surface area contributed by atoms with Gasteiger partial charge in [-0.25, -0.2) is 8.42 Å². The Kier molecular flexibility index (Phi) is 4.76. The van der Waals surface area contributed by atoms with Gasteiger partial charge in [0.05, 0.1) is 12.0 Å². The van der Waals surface area contributed by atoms with Gasteiger partial charge in [-0.1, -0.05) is 18.2 Å². The summed E-state index contributed by atoms with van der Waals surface area (Å²) >= 11 is 0. The molecule has 0 unspecified atom stereocenters. The summed E-state index contributed by atoms with van der Waals surface area (Å²) in [5, 5.41) is 2.81. The molecule has 25 heavy (non-hydrogen) atoms. The summed E-state index contributed by atoms with van der Waals surface area (Å²) in [6.07, 6.45) is 0. The molecule has 6 nitrogen and oxygen atoms in total. The Hall–Kier alpha value is -2.80. The third-order valence-corrected chi connectivity index (χ3v) is 5.26. The molecule has 0 fully saturated rings. The molecule has 0 amide bonds. The molecule has 130 valence electrons. The molecule has 0 aliphatic carbocycles. The number of ether oxygens (including phenoxy) is 1. The van der Waals surface area contributed by atoms with Gasteiger partial charge in [0.25, 0.3) is 0 Å². The molecule has 1 N–H and O–H groups in total. The van der Waals surface area contributed by atoms with E-state index in [2.05, 4.69) is 10.3 Å². The van der Waals surface area contributed by atoms with Crippen molar-refractivity contribution in [1.82, 2.24) is 4.98 Å². The molecule has 0 saturated carbocycles. The SMILES string of the molecule is CCNc1oc(-c2ccc(OC)cc2)nc1S(=O)(=O)c1ccccc1. The second-order valence-corrected chi connectivity index (χ2v) is 7.09. The summed E-state index contributed by atoms with van der Waals surface area (Å²) in [6.45, 7) is 2.36. The average Bonchev–Trinajstić information content (AvgIpc) is 3.08. The van der Waals surface area contributed by atoms with Crippen LogP contribution in [0.1, 0.15) is 6.92 Å². The number of methoxy groups -OCH3 is 1. The molecular formula is C18H18N2O4S. The predicted molar refractivity (Wildman–Crippen MR) is 94.5 cm³/mol. The van der Waals surface area contributed by atoms with Crippen LogP contribution in [0, 0.1) is 0 Å². The van der Waals surface area contributed by atoms with Crippen LogP contribution < -0.4 is 10.1 Å². The molecule has 0 saturated heterocycles. The van der Waals surface area contributed by atoms with Crippen molar-refractivity contribution in [1.29, 1.82) is 0 Å². The number of rotatable bonds is 6. The number of sulfone groups is 1. The first-order valence-electron chi connectivity index (χ1n) is 7.75. The second-order valence-electron chi connectivity index (χ2n) is 5.23. The molecule has 0 aliphatic rings. The first-order valence-corrected chi connectivity index (χ1v) is 9.24. The third kappa shape index (κ3) is 3.36. The predicted octanol–water partition coefficient (Wildman–Crippen LogP) is 3.61. The van der Waals surface area contributed by atoms with Crippen LogP contribution in [0.2, 0.25) is 0 Å². The topological polar surface area (TPSA) is 81.4 Å². The Bertz CT molecular complexity index is 949. The van der Waals surface area contributed by atoms with Crippen LogP contribution >= 0.6 is 0 Å². The lowest BCUT2D eigenvalue weighted by Gasteiger charge is -2.03. The van der Waals surface area contributed by atoms with Crippen molar-refractivity contribution >= 4 is 15.7 Å². The molecule has 3 rings (SSSR count). The van der Waals surface area contributed by atoms with E-state index in [1.165, 1.54) is 12.1 Å². The van der Waals surface area contributed by atoms with Crippen LogP contribution in [0.5, 0.6) is 5.75 Å². The summed E-state index contributed by atoms with van der Waals surface area (Å²) in [5.41, 5.74) is 0.662. The zero-order valence-electron chi connectivity index (χ0n) is 13.9. The van der Waals surface area contributed by atoms with Crippen molar-refractivity contribution in [3.05, 3.63) is 54.6 Å². The number of benzene rings is 2. The van der Waals surface area contributed by atoms with Crippen molar-refractivity contribution in [3.63, 3.8) is 0 Å². The van der Waals surface area contributed by atoms with E-state index in [1.807, 2.05) is 6.92 Å². The first kappa shape index (κ1) is 17.0. The van der Waals surface area contributed by atoms with Crippen molar-refractivity contribution in [2.24, 2.45) is 0 Å². The van der Waals surface area contributed by atoms with E-state index in [1.54, 1.807) is 49.6 Å². The third-order valence-electron chi connectivity index (χ3n) is 3.58. The Morgan fingerprint density at radius 2 is 1.76 bits per heavy atom. The highest BCUT2D eigenvalue weighted by Crippen LogP contribution is 2.32. The summed E-state index contributed by atoms with van der Waals surface area (Å²) in [4.78, 5) is 4.41. The normalized spacial score (nSPS) is 11.3. The summed E-state index contributed by atoms with van der Waals surface area (Å²) in [7, 11) is -2.21. The Morgan fingerprint density at radius 1 is 1.08 bits per heavy atom. The van der Waals surface area contributed by atoms with Gasteiger partial charge in [0.1, 0.15) is 5.75 Å². The summed E-state index contributed by atoms with van der Waals surface area (Å²) in [5.74, 6) is 1.06. The highest BCUT2D eigenvalue weighted by atomic mass is 32.2. The van der Waals surface area contributed by atoms with Crippen molar-refractivity contribution in [2.75, 3.05) is 19.0 Å². The Morgan fingerprint density at radius 3 is 2.36 bits per heavy atom. The van der Waals surface area contributed by atoms with Crippen LogP contribution in [-0.4, -0.2) is 27.1 Å². The first-order chi connectivity index (χ1) is 12.1. The van der Waals surface area contributed by atoms with Gasteiger partial charge in [-0.05, 0) is 43.3 Å². The van der Waals surface area contributed by atoms with Crippen molar-refractivity contribution < 1.29 is 17.6 Å². The number of nitrogens with one attached hydrogen (secondary N) is 1. The van der Waals surface area contributed by atoms with Crippen LogP contribution in [-0.2, 0) is 9.84 Å². The largest absolute Gasteiger partial charge is 0.497 e. The Labute approximate surface area is 146 Å². The minimum absolute atomic E-state index is 0.119. The van der Waals surface area contributed by atoms with Crippen molar-refractivity contribution in [2.45, 2.75) is 16.8 Å². The molecule has 0 aliphatic heterocycles. The number of aromatic nitrogens is 1. The number of nitrogens with zero attached hydrogens (tertiary/aromatic N) is 1. The lowest BCUT2D eigenvalue weighted by atomic mass is 10.2. The highest BCUT2D eigenvalue weighted by molar-refractivity contribution is 7.91. The monoisotopic (exact) mass is 358 g/mol. The lowest BCUT2D eigenvalue weighted by Crippen LogP contribution is -2.06. The minimum Gasteiger partial charge on any atom is -0.497 e. The zero-order valence-corrected chi connectivity index (χ0v) is 14.7. The fraction of sp³-hybridized carbons (Fsp3) is 0.167. The van der Waals surface area contributed by atoms with Crippen LogP contribution in [0.3, 0.4) is 0 Å². The standard InChI is InChI=1S/C18H18N2O4S/c1-3-19-17-18(25(21,22)15-7-5-4-6-8-15)20-16(24-17)13-9-11-14(23-2)12-10-13/h4-12,19H,3H2,1-2H3. The van der Waals surface area contributed by atoms with E-state index in [-0.39, 0.29) is 21.7 Å². The quantitative estimate of drug-likeness (QED) is 0.725. The van der Waals surface area contributed by atoms with Gasteiger partial charge in [-0.3, -0.25) is 0 Å². The van der Waals surface area contributed by atoms with Gasteiger partial charge in [0.2, 0.25) is 26.6 Å². The number of hydrogen-bond acceptors (Lipinski definition) is 6. The maximum absolute atomic E-state index is 12.9. The van der Waals surface area contributed by atoms with Gasteiger partial charge in [0, 0.05) is 12.1 Å². The fourth-order valence-corrected chi connectivity index (χ4v) is 3.63. The van der Waals surface area contributed by atoms with Crippen molar-refractivity contribution in [3.8, 4) is 17.2 Å². The van der Waals surface area contributed by atoms with Gasteiger partial charge < -0.3 is 14.5 Å². The smallest absolute Gasteiger partial charge is 0.233 e. The summed E-state index contributed by atoms with van der Waals surface area (Å²) in [6, 6.07) is 15.2. The van der Waals surface area contributed by atoms with E-state index < -0.39 is 9.84 Å². The fourth-order valence-electron chi connectivity index (χ4n) is 2.33. The van der Waals surface area contributed by atoms with Crippen LogP contribution in [0.4, 0.5) is 5.88 Å². The molecule has 1 aromatic heterocycles. The lowest BCUT2D eigenvalue weighted by molar-refractivity contribution is 0.415. The molecule has 0 spiro atoms. The van der Waals surface area contributed by atoms with Gasteiger partial charge >= 0.3 is 0 Å². The summed E-state index contributed by atoms with van der Waals surface area (Å²) < 4.78 is 36.6. The average molecular weight is 358 g/mol. The second kappa shape index (κ2) is 6.98. The molecule has 0 radical (unpaired) electrons. The molecule has 1 heterocycles. The van der Waals surface area contributed by atoms with E-state index in [4.69, 9.17) is 9.15 Å². The molecular weight excluding hydrogens is 340 g/mol. The van der Waals surface area contributed by atoms with Crippen LogP contribution in [0.25, 0.3) is 11.5 Å².